The van der Waals surface area contributed by atoms with Gasteiger partial charge in [-0.3, -0.25) is 0 Å². The van der Waals surface area contributed by atoms with Gasteiger partial charge in [-0.2, -0.15) is 0 Å². The molecule has 0 radical (unpaired) electrons. The second kappa shape index (κ2) is 9.22. The number of pyridine rings is 1. The molecule has 0 spiro atoms. The van der Waals surface area contributed by atoms with E-state index < -0.39 is 17.7 Å². The molecule has 1 atom stereocenters. The molecule has 0 unspecified atom stereocenters. The second-order valence-corrected chi connectivity index (χ2v) is 9.43. The van der Waals surface area contributed by atoms with Gasteiger partial charge in [-0.1, -0.05) is 23.7 Å². The molecule has 0 amide bonds. The predicted octanol–water partition coefficient (Wildman–Crippen LogP) is 5.87. The maximum Gasteiger partial charge on any atom is 0.337 e. The molecule has 0 saturated carbocycles. The highest BCUT2D eigenvalue weighted by Gasteiger charge is 2.33. The second-order valence-electron chi connectivity index (χ2n) is 8.99. The van der Waals surface area contributed by atoms with Crippen molar-refractivity contribution in [3.8, 4) is 11.1 Å². The summed E-state index contributed by atoms with van der Waals surface area (Å²) >= 11 is 6.16. The lowest BCUT2D eigenvalue weighted by atomic mass is 9.91. The normalized spacial score (nSPS) is 13.0. The first-order valence-corrected chi connectivity index (χ1v) is 11.0. The van der Waals surface area contributed by atoms with Crippen molar-refractivity contribution in [3.05, 3.63) is 51.8 Å². The standard InChI is InChI=1S/C25H31ClN2O4/c1-14-16(3)28(12-13-31-7)23-19(14)21(17-8-10-18(26)11-9-17)20(15(2)27-23)22(24(29)30)32-25(4,5)6/h8-11,22H,12-13H2,1-7H3,(H,29,30)/t22-/m0/s1. The molecule has 0 bridgehead atoms. The molecule has 0 aliphatic rings. The minimum atomic E-state index is -1.17. The van der Waals surface area contributed by atoms with Gasteiger partial charge in [0.1, 0.15) is 5.65 Å². The highest BCUT2D eigenvalue weighted by atomic mass is 35.5. The number of halogens is 1. The van der Waals surface area contributed by atoms with E-state index in [1.165, 1.54) is 0 Å². The molecule has 3 aromatic rings. The van der Waals surface area contributed by atoms with Gasteiger partial charge < -0.3 is 19.1 Å². The van der Waals surface area contributed by atoms with Crippen LogP contribution in [0.25, 0.3) is 22.2 Å². The zero-order valence-electron chi connectivity index (χ0n) is 19.7. The lowest BCUT2D eigenvalue weighted by Gasteiger charge is -2.28. The molecule has 2 aromatic heterocycles. The number of hydrogen-bond donors (Lipinski definition) is 1. The Hall–Kier alpha value is -2.41. The quantitative estimate of drug-likeness (QED) is 0.479. The summed E-state index contributed by atoms with van der Waals surface area (Å²) in [6.07, 6.45) is -1.17. The Labute approximate surface area is 194 Å². The third-order valence-corrected chi connectivity index (χ3v) is 5.85. The topological polar surface area (TPSA) is 73.6 Å². The average Bonchev–Trinajstić information content (AvgIpc) is 2.93. The number of benzene rings is 1. The van der Waals surface area contributed by atoms with E-state index in [1.807, 2.05) is 65.8 Å². The highest BCUT2D eigenvalue weighted by Crippen LogP contribution is 2.42. The van der Waals surface area contributed by atoms with Crippen molar-refractivity contribution >= 4 is 28.6 Å². The van der Waals surface area contributed by atoms with Gasteiger partial charge in [0.2, 0.25) is 0 Å². The van der Waals surface area contributed by atoms with Gasteiger partial charge in [0, 0.05) is 46.6 Å². The molecule has 32 heavy (non-hydrogen) atoms. The van der Waals surface area contributed by atoms with Crippen LogP contribution in [-0.4, -0.2) is 39.9 Å². The highest BCUT2D eigenvalue weighted by molar-refractivity contribution is 6.30. The molecule has 3 rings (SSSR count). The van der Waals surface area contributed by atoms with Crippen LogP contribution in [0.2, 0.25) is 5.02 Å². The number of methoxy groups -OCH3 is 1. The zero-order chi connectivity index (χ0) is 23.8. The fourth-order valence-electron chi connectivity index (χ4n) is 4.07. The van der Waals surface area contributed by atoms with Crippen LogP contribution in [0.4, 0.5) is 0 Å². The smallest absolute Gasteiger partial charge is 0.337 e. The lowest BCUT2D eigenvalue weighted by molar-refractivity contribution is -0.160. The number of carboxylic acid groups (broad SMARTS) is 1. The van der Waals surface area contributed by atoms with Crippen LogP contribution in [0.15, 0.2) is 24.3 Å². The molecular formula is C25H31ClN2O4. The Morgan fingerprint density at radius 1 is 1.19 bits per heavy atom. The van der Waals surface area contributed by atoms with Crippen LogP contribution in [-0.2, 0) is 20.8 Å². The van der Waals surface area contributed by atoms with Gasteiger partial charge in [-0.25, -0.2) is 9.78 Å². The van der Waals surface area contributed by atoms with E-state index in [0.29, 0.717) is 29.4 Å². The van der Waals surface area contributed by atoms with Crippen LogP contribution in [0.3, 0.4) is 0 Å². The predicted molar refractivity (Wildman–Crippen MR) is 127 cm³/mol. The fourth-order valence-corrected chi connectivity index (χ4v) is 4.20. The van der Waals surface area contributed by atoms with Crippen molar-refractivity contribution in [1.82, 2.24) is 9.55 Å². The van der Waals surface area contributed by atoms with Gasteiger partial charge >= 0.3 is 5.97 Å². The molecule has 6 nitrogen and oxygen atoms in total. The first kappa shape index (κ1) is 24.2. The molecule has 172 valence electrons. The Bertz CT molecular complexity index is 1140. The third-order valence-electron chi connectivity index (χ3n) is 5.59. The Morgan fingerprint density at radius 3 is 2.34 bits per heavy atom. The molecule has 0 fully saturated rings. The minimum Gasteiger partial charge on any atom is -0.479 e. The van der Waals surface area contributed by atoms with E-state index in [1.54, 1.807) is 7.11 Å². The Kier molecular flexibility index (Phi) is 6.98. The molecular weight excluding hydrogens is 428 g/mol. The Balaban J connectivity index is 2.45. The summed E-state index contributed by atoms with van der Waals surface area (Å²) in [6, 6.07) is 7.45. The minimum absolute atomic E-state index is 0.549. The Morgan fingerprint density at radius 2 is 1.81 bits per heavy atom. The average molecular weight is 459 g/mol. The largest absolute Gasteiger partial charge is 0.479 e. The molecule has 1 aromatic carbocycles. The van der Waals surface area contributed by atoms with Gasteiger partial charge in [-0.15, -0.1) is 0 Å². The monoisotopic (exact) mass is 458 g/mol. The fraction of sp³-hybridized carbons (Fsp3) is 0.440. The molecule has 2 heterocycles. The van der Waals surface area contributed by atoms with E-state index in [-0.39, 0.29) is 0 Å². The van der Waals surface area contributed by atoms with E-state index >= 15 is 0 Å². The van der Waals surface area contributed by atoms with E-state index in [4.69, 9.17) is 26.1 Å². The van der Waals surface area contributed by atoms with Crippen molar-refractivity contribution in [2.75, 3.05) is 13.7 Å². The van der Waals surface area contributed by atoms with E-state index in [0.717, 1.165) is 33.4 Å². The first-order chi connectivity index (χ1) is 15.0. The van der Waals surface area contributed by atoms with Crippen molar-refractivity contribution in [1.29, 1.82) is 0 Å². The van der Waals surface area contributed by atoms with Gasteiger partial charge in [0.25, 0.3) is 0 Å². The number of fused-ring (bicyclic) bond motifs is 1. The number of carboxylic acids is 1. The summed E-state index contributed by atoms with van der Waals surface area (Å²) < 4.78 is 13.5. The maximum atomic E-state index is 12.4. The summed E-state index contributed by atoms with van der Waals surface area (Å²) in [4.78, 5) is 17.3. The number of nitrogens with zero attached hydrogens (tertiary/aromatic N) is 2. The maximum absolute atomic E-state index is 12.4. The van der Waals surface area contributed by atoms with Gasteiger partial charge in [0.05, 0.1) is 12.2 Å². The van der Waals surface area contributed by atoms with Crippen molar-refractivity contribution in [3.63, 3.8) is 0 Å². The number of carbonyl (C=O) groups is 1. The summed E-state index contributed by atoms with van der Waals surface area (Å²) in [5.74, 6) is -1.05. The molecule has 1 N–H and O–H groups in total. The number of ether oxygens (including phenoxy) is 2. The zero-order valence-corrected chi connectivity index (χ0v) is 20.5. The van der Waals surface area contributed by atoms with Crippen LogP contribution >= 0.6 is 11.6 Å². The lowest BCUT2D eigenvalue weighted by Crippen LogP contribution is -2.28. The molecule has 0 aliphatic heterocycles. The SMILES string of the molecule is COCCn1c(C)c(C)c2c(-c3ccc(Cl)cc3)c([C@H](OC(C)(C)C)C(=O)O)c(C)nc21. The molecule has 7 heteroatoms. The van der Waals surface area contributed by atoms with Crippen LogP contribution in [0.5, 0.6) is 0 Å². The van der Waals surface area contributed by atoms with Crippen LogP contribution in [0, 0.1) is 20.8 Å². The molecule has 0 aliphatic carbocycles. The van der Waals surface area contributed by atoms with Crippen molar-refractivity contribution in [2.24, 2.45) is 0 Å². The third kappa shape index (κ3) is 4.68. The van der Waals surface area contributed by atoms with E-state index in [9.17, 15) is 9.90 Å². The molecule has 0 saturated heterocycles. The number of hydrogen-bond acceptors (Lipinski definition) is 4. The summed E-state index contributed by atoms with van der Waals surface area (Å²) in [5.41, 5.74) is 5.15. The van der Waals surface area contributed by atoms with Crippen molar-refractivity contribution in [2.45, 2.75) is 59.8 Å². The summed E-state index contributed by atoms with van der Waals surface area (Å²) in [7, 11) is 1.67. The van der Waals surface area contributed by atoms with E-state index in [2.05, 4.69) is 4.57 Å². The number of rotatable bonds is 7. The number of aryl methyl sites for hydroxylation is 2. The van der Waals surface area contributed by atoms with Crippen LogP contribution in [0.1, 0.15) is 49.4 Å². The van der Waals surface area contributed by atoms with Gasteiger partial charge in [-0.05, 0) is 64.8 Å². The van der Waals surface area contributed by atoms with Gasteiger partial charge in [0.15, 0.2) is 6.10 Å². The van der Waals surface area contributed by atoms with Crippen molar-refractivity contribution < 1.29 is 19.4 Å². The first-order valence-electron chi connectivity index (χ1n) is 10.6. The summed E-state index contributed by atoms with van der Waals surface area (Å²) in [6.45, 7) is 12.7. The van der Waals surface area contributed by atoms with Crippen LogP contribution < -0.4 is 0 Å². The summed E-state index contributed by atoms with van der Waals surface area (Å²) in [5, 5.41) is 11.7. The number of aromatic nitrogens is 2. The number of aliphatic carboxylic acids is 1.